The van der Waals surface area contributed by atoms with Crippen LogP contribution in [-0.4, -0.2) is 24.3 Å². The molecule has 1 unspecified atom stereocenters. The minimum Gasteiger partial charge on any atom is -0.347 e. The molecule has 1 fully saturated rings. The summed E-state index contributed by atoms with van der Waals surface area (Å²) in [5.74, 6) is -0.391. The van der Waals surface area contributed by atoms with Crippen LogP contribution in [-0.2, 0) is 14.3 Å². The van der Waals surface area contributed by atoms with Gasteiger partial charge < -0.3 is 9.47 Å². The van der Waals surface area contributed by atoms with E-state index in [4.69, 9.17) is 9.47 Å². The van der Waals surface area contributed by atoms with Gasteiger partial charge in [0.05, 0.1) is 6.61 Å². The van der Waals surface area contributed by atoms with E-state index in [1.54, 1.807) is 12.2 Å². The third-order valence-electron chi connectivity index (χ3n) is 1.88. The van der Waals surface area contributed by atoms with Crippen LogP contribution in [0.2, 0.25) is 0 Å². The molecule has 0 radical (unpaired) electrons. The van der Waals surface area contributed by atoms with Crippen molar-refractivity contribution in [3.8, 4) is 0 Å². The Labute approximate surface area is 78.7 Å². The largest absolute Gasteiger partial charge is 0.347 e. The first-order chi connectivity index (χ1) is 6.03. The van der Waals surface area contributed by atoms with Gasteiger partial charge in [-0.2, -0.15) is 0 Å². The minimum atomic E-state index is -0.510. The zero-order valence-corrected chi connectivity index (χ0v) is 8.37. The van der Waals surface area contributed by atoms with Crippen molar-refractivity contribution in [3.63, 3.8) is 0 Å². The van der Waals surface area contributed by atoms with Crippen LogP contribution in [0.4, 0.5) is 0 Å². The van der Waals surface area contributed by atoms with E-state index in [0.29, 0.717) is 13.0 Å². The number of ether oxygens (including phenoxy) is 2. The molecule has 1 atom stereocenters. The molecule has 1 rings (SSSR count). The Kier molecular flexibility index (Phi) is 3.22. The summed E-state index contributed by atoms with van der Waals surface area (Å²) in [7, 11) is 0. The van der Waals surface area contributed by atoms with Crippen LogP contribution in [0.1, 0.15) is 27.2 Å². The van der Waals surface area contributed by atoms with Gasteiger partial charge >= 0.3 is 0 Å². The lowest BCUT2D eigenvalue weighted by Crippen LogP contribution is -2.20. The van der Waals surface area contributed by atoms with Crippen LogP contribution >= 0.6 is 0 Å². The molecule has 0 aliphatic carbocycles. The molecule has 3 heteroatoms. The SMILES string of the molecule is CCC(=O)/C=C/C1COC(C)(C)O1. The smallest absolute Gasteiger partial charge is 0.163 e. The average molecular weight is 184 g/mol. The number of rotatable bonds is 3. The Bertz CT molecular complexity index is 218. The van der Waals surface area contributed by atoms with Crippen molar-refractivity contribution in [1.29, 1.82) is 0 Å². The van der Waals surface area contributed by atoms with Crippen LogP contribution in [0.5, 0.6) is 0 Å². The van der Waals surface area contributed by atoms with Crippen LogP contribution in [0.25, 0.3) is 0 Å². The predicted octanol–water partition coefficient (Wildman–Crippen LogP) is 1.67. The van der Waals surface area contributed by atoms with Gasteiger partial charge in [-0.1, -0.05) is 6.92 Å². The van der Waals surface area contributed by atoms with Crippen molar-refractivity contribution >= 4 is 5.78 Å². The number of ketones is 1. The molecule has 74 valence electrons. The lowest BCUT2D eigenvalue weighted by atomic mass is 10.2. The normalized spacial score (nSPS) is 26.8. The third-order valence-corrected chi connectivity index (χ3v) is 1.88. The Morgan fingerprint density at radius 1 is 1.62 bits per heavy atom. The first kappa shape index (κ1) is 10.4. The molecule has 0 saturated carbocycles. The zero-order chi connectivity index (χ0) is 9.90. The van der Waals surface area contributed by atoms with Gasteiger partial charge in [-0.15, -0.1) is 0 Å². The molecule has 0 amide bonds. The fraction of sp³-hybridized carbons (Fsp3) is 0.700. The van der Waals surface area contributed by atoms with E-state index in [9.17, 15) is 4.79 Å². The van der Waals surface area contributed by atoms with E-state index < -0.39 is 5.79 Å². The summed E-state index contributed by atoms with van der Waals surface area (Å²) >= 11 is 0. The van der Waals surface area contributed by atoms with Gasteiger partial charge in [0.2, 0.25) is 0 Å². The Morgan fingerprint density at radius 2 is 2.31 bits per heavy atom. The molecule has 1 heterocycles. The Morgan fingerprint density at radius 3 is 2.77 bits per heavy atom. The fourth-order valence-corrected chi connectivity index (χ4v) is 1.14. The summed E-state index contributed by atoms with van der Waals surface area (Å²) in [4.78, 5) is 10.9. The van der Waals surface area contributed by atoms with E-state index in [1.807, 2.05) is 20.8 Å². The van der Waals surface area contributed by atoms with Crippen molar-refractivity contribution in [3.05, 3.63) is 12.2 Å². The lowest BCUT2D eigenvalue weighted by Gasteiger charge is -2.15. The van der Waals surface area contributed by atoms with Crippen LogP contribution in [0.3, 0.4) is 0 Å². The van der Waals surface area contributed by atoms with Gasteiger partial charge in [0.1, 0.15) is 6.10 Å². The topological polar surface area (TPSA) is 35.5 Å². The Balaban J connectivity index is 2.40. The second kappa shape index (κ2) is 4.03. The highest BCUT2D eigenvalue weighted by Gasteiger charge is 2.30. The maximum atomic E-state index is 10.9. The zero-order valence-electron chi connectivity index (χ0n) is 8.37. The van der Waals surface area contributed by atoms with E-state index in [-0.39, 0.29) is 11.9 Å². The summed E-state index contributed by atoms with van der Waals surface area (Å²) in [6.45, 7) is 6.09. The van der Waals surface area contributed by atoms with Crippen LogP contribution in [0.15, 0.2) is 12.2 Å². The molecule has 0 N–H and O–H groups in total. The molecule has 3 nitrogen and oxygen atoms in total. The minimum absolute atomic E-state index is 0.0782. The molecule has 0 spiro atoms. The summed E-state index contributed by atoms with van der Waals surface area (Å²) in [6.07, 6.45) is 3.79. The van der Waals surface area contributed by atoms with Gasteiger partial charge in [0, 0.05) is 6.42 Å². The first-order valence-corrected chi connectivity index (χ1v) is 4.56. The molecule has 0 aromatic heterocycles. The molecular formula is C10H16O3. The van der Waals surface area contributed by atoms with E-state index in [2.05, 4.69) is 0 Å². The van der Waals surface area contributed by atoms with Crippen molar-refractivity contribution in [1.82, 2.24) is 0 Å². The molecule has 0 bridgehead atoms. The quantitative estimate of drug-likeness (QED) is 0.626. The van der Waals surface area contributed by atoms with Gasteiger partial charge in [0.15, 0.2) is 11.6 Å². The standard InChI is InChI=1S/C10H16O3/c1-4-8(11)5-6-9-7-12-10(2,3)13-9/h5-6,9H,4,7H2,1-3H3/b6-5+. The summed E-state index contributed by atoms with van der Waals surface area (Å²) < 4.78 is 10.8. The maximum absolute atomic E-state index is 10.9. The van der Waals surface area contributed by atoms with E-state index in [1.165, 1.54) is 0 Å². The Hall–Kier alpha value is -0.670. The number of hydrogen-bond donors (Lipinski definition) is 0. The van der Waals surface area contributed by atoms with Crippen molar-refractivity contribution in [2.75, 3.05) is 6.61 Å². The number of hydrogen-bond acceptors (Lipinski definition) is 3. The molecule has 1 aliphatic rings. The average Bonchev–Trinajstić information content (AvgIpc) is 2.41. The van der Waals surface area contributed by atoms with Gasteiger partial charge in [-0.05, 0) is 26.0 Å². The van der Waals surface area contributed by atoms with Gasteiger partial charge in [-0.3, -0.25) is 4.79 Å². The molecule has 1 aliphatic heterocycles. The molecule has 13 heavy (non-hydrogen) atoms. The summed E-state index contributed by atoms with van der Waals surface area (Å²) in [5.41, 5.74) is 0. The highest BCUT2D eigenvalue weighted by atomic mass is 16.7. The van der Waals surface area contributed by atoms with Crippen molar-refractivity contribution < 1.29 is 14.3 Å². The second-order valence-electron chi connectivity index (χ2n) is 3.55. The predicted molar refractivity (Wildman–Crippen MR) is 49.3 cm³/mol. The van der Waals surface area contributed by atoms with Crippen LogP contribution < -0.4 is 0 Å². The first-order valence-electron chi connectivity index (χ1n) is 4.56. The number of allylic oxidation sites excluding steroid dienone is 1. The number of carbonyl (C=O) groups excluding carboxylic acids is 1. The van der Waals surface area contributed by atoms with Gasteiger partial charge in [0.25, 0.3) is 0 Å². The monoisotopic (exact) mass is 184 g/mol. The summed E-state index contributed by atoms with van der Waals surface area (Å²) in [5, 5.41) is 0. The fourth-order valence-electron chi connectivity index (χ4n) is 1.14. The van der Waals surface area contributed by atoms with Crippen LogP contribution in [0, 0.1) is 0 Å². The highest BCUT2D eigenvalue weighted by molar-refractivity contribution is 5.89. The highest BCUT2D eigenvalue weighted by Crippen LogP contribution is 2.22. The van der Waals surface area contributed by atoms with E-state index in [0.717, 1.165) is 0 Å². The lowest BCUT2D eigenvalue weighted by molar-refractivity contribution is -0.133. The molecule has 0 aromatic carbocycles. The van der Waals surface area contributed by atoms with E-state index >= 15 is 0 Å². The van der Waals surface area contributed by atoms with Gasteiger partial charge in [-0.25, -0.2) is 0 Å². The maximum Gasteiger partial charge on any atom is 0.163 e. The summed E-state index contributed by atoms with van der Waals surface area (Å²) in [6, 6.07) is 0. The third kappa shape index (κ3) is 3.28. The molecular weight excluding hydrogens is 168 g/mol. The number of carbonyl (C=O) groups is 1. The van der Waals surface area contributed by atoms with Crippen molar-refractivity contribution in [2.45, 2.75) is 39.1 Å². The molecule has 1 saturated heterocycles. The van der Waals surface area contributed by atoms with Crippen molar-refractivity contribution in [2.24, 2.45) is 0 Å². The second-order valence-corrected chi connectivity index (χ2v) is 3.55. The molecule has 0 aromatic rings.